The van der Waals surface area contributed by atoms with E-state index in [2.05, 4.69) is 42.2 Å². The molecule has 1 aromatic rings. The molecule has 2 saturated heterocycles. The van der Waals surface area contributed by atoms with Crippen molar-refractivity contribution in [3.05, 3.63) is 35.9 Å². The average molecular weight is 342 g/mol. The van der Waals surface area contributed by atoms with E-state index in [1.807, 2.05) is 25.7 Å². The molecular weight excluding hydrogens is 312 g/mol. The second kappa shape index (κ2) is 5.47. The summed E-state index contributed by atoms with van der Waals surface area (Å²) in [5.74, 6) is 0.716. The zero-order chi connectivity index (χ0) is 17.9. The number of ether oxygens (including phenoxy) is 1. The quantitative estimate of drug-likeness (QED) is 0.820. The summed E-state index contributed by atoms with van der Waals surface area (Å²) in [7, 11) is 0. The highest BCUT2D eigenvalue weighted by atomic mass is 16.6. The van der Waals surface area contributed by atoms with Crippen molar-refractivity contribution in [2.75, 3.05) is 26.2 Å². The first-order chi connectivity index (χ1) is 11.7. The van der Waals surface area contributed by atoms with E-state index in [0.29, 0.717) is 5.92 Å². The van der Waals surface area contributed by atoms with Crippen LogP contribution < -0.4 is 0 Å². The summed E-state index contributed by atoms with van der Waals surface area (Å²) in [5, 5.41) is 0. The lowest BCUT2D eigenvalue weighted by atomic mass is 9.47. The second-order valence-electron chi connectivity index (χ2n) is 9.61. The van der Waals surface area contributed by atoms with E-state index < -0.39 is 5.60 Å². The normalized spacial score (nSPS) is 34.4. The van der Waals surface area contributed by atoms with Crippen molar-refractivity contribution in [1.29, 1.82) is 0 Å². The molecule has 2 heterocycles. The Morgan fingerprint density at radius 3 is 2.60 bits per heavy atom. The Kier molecular flexibility index (Phi) is 3.70. The molecule has 136 valence electrons. The predicted octanol–water partition coefficient (Wildman–Crippen LogP) is 3.77. The van der Waals surface area contributed by atoms with Gasteiger partial charge in [0.2, 0.25) is 0 Å². The Morgan fingerprint density at radius 2 is 1.92 bits per heavy atom. The molecule has 1 spiro atoms. The molecule has 4 heteroatoms. The van der Waals surface area contributed by atoms with E-state index in [0.717, 1.165) is 32.7 Å². The number of benzene rings is 1. The van der Waals surface area contributed by atoms with Crippen LogP contribution in [0.4, 0.5) is 4.79 Å². The van der Waals surface area contributed by atoms with Crippen LogP contribution in [0.1, 0.15) is 39.7 Å². The summed E-state index contributed by atoms with van der Waals surface area (Å²) in [6.45, 7) is 13.2. The number of likely N-dealkylation sites (tertiary alicyclic amines) is 2. The van der Waals surface area contributed by atoms with Crippen molar-refractivity contribution in [3.63, 3.8) is 0 Å². The van der Waals surface area contributed by atoms with Crippen molar-refractivity contribution in [1.82, 2.24) is 9.80 Å². The highest BCUT2D eigenvalue weighted by Crippen LogP contribution is 2.67. The number of carbonyl (C=O) groups is 1. The van der Waals surface area contributed by atoms with Gasteiger partial charge in [-0.1, -0.05) is 37.3 Å². The Balaban J connectivity index is 1.46. The molecule has 2 aliphatic heterocycles. The SMILES string of the molecule is CC(C)(C)OC(=O)N1CC2(C)CC3CN(Cc4ccccc4)CC32C1. The third-order valence-electron chi connectivity index (χ3n) is 6.58. The Hall–Kier alpha value is -1.55. The molecule has 3 aliphatic rings. The standard InChI is InChI=1S/C21H30N2O2/c1-19(2,3)25-18(24)23-13-20(4)10-17-12-22(14-21(17,20)15-23)11-16-8-6-5-7-9-16/h5-9,17H,10-15H2,1-4H3. The van der Waals surface area contributed by atoms with Crippen LogP contribution in [-0.4, -0.2) is 47.7 Å². The molecule has 1 aromatic carbocycles. The number of hydrogen-bond acceptors (Lipinski definition) is 3. The minimum atomic E-state index is -0.425. The lowest BCUT2D eigenvalue weighted by Gasteiger charge is -2.55. The Labute approximate surface area is 151 Å². The molecule has 0 aromatic heterocycles. The lowest BCUT2D eigenvalue weighted by Crippen LogP contribution is -2.55. The summed E-state index contributed by atoms with van der Waals surface area (Å²) in [4.78, 5) is 17.1. The molecule has 0 bridgehead atoms. The van der Waals surface area contributed by atoms with Gasteiger partial charge in [-0.05, 0) is 44.1 Å². The average Bonchev–Trinajstić information content (AvgIpc) is 2.91. The van der Waals surface area contributed by atoms with Crippen LogP contribution in [0.15, 0.2) is 30.3 Å². The van der Waals surface area contributed by atoms with Crippen molar-refractivity contribution in [2.24, 2.45) is 16.7 Å². The fourth-order valence-electron chi connectivity index (χ4n) is 5.47. The Morgan fingerprint density at radius 1 is 1.20 bits per heavy atom. The van der Waals surface area contributed by atoms with Crippen molar-refractivity contribution >= 4 is 6.09 Å². The summed E-state index contributed by atoms with van der Waals surface area (Å²) >= 11 is 0. The lowest BCUT2D eigenvalue weighted by molar-refractivity contribution is -0.0521. The molecule has 4 nitrogen and oxygen atoms in total. The van der Waals surface area contributed by atoms with Crippen LogP contribution in [0.25, 0.3) is 0 Å². The molecule has 3 fully saturated rings. The number of carbonyl (C=O) groups excluding carboxylic acids is 1. The summed E-state index contributed by atoms with van der Waals surface area (Å²) in [6.07, 6.45) is 1.09. The summed E-state index contributed by atoms with van der Waals surface area (Å²) in [6, 6.07) is 10.7. The van der Waals surface area contributed by atoms with Gasteiger partial charge in [0.1, 0.15) is 5.60 Å². The second-order valence-corrected chi connectivity index (χ2v) is 9.61. The van der Waals surface area contributed by atoms with Gasteiger partial charge in [-0.15, -0.1) is 0 Å². The number of hydrogen-bond donors (Lipinski definition) is 0. The van der Waals surface area contributed by atoms with Crippen molar-refractivity contribution < 1.29 is 9.53 Å². The van der Waals surface area contributed by atoms with Gasteiger partial charge in [0.15, 0.2) is 0 Å². The zero-order valence-corrected chi connectivity index (χ0v) is 15.9. The minimum absolute atomic E-state index is 0.141. The first-order valence-electron chi connectivity index (χ1n) is 9.45. The van der Waals surface area contributed by atoms with Gasteiger partial charge >= 0.3 is 6.09 Å². The molecule has 1 aliphatic carbocycles. The van der Waals surface area contributed by atoms with E-state index in [1.165, 1.54) is 12.0 Å². The van der Waals surface area contributed by atoms with E-state index in [-0.39, 0.29) is 16.9 Å². The first-order valence-corrected chi connectivity index (χ1v) is 9.45. The van der Waals surface area contributed by atoms with E-state index >= 15 is 0 Å². The third-order valence-corrected chi connectivity index (χ3v) is 6.58. The van der Waals surface area contributed by atoms with Gasteiger partial charge in [-0.25, -0.2) is 4.79 Å². The van der Waals surface area contributed by atoms with Crippen LogP contribution in [-0.2, 0) is 11.3 Å². The van der Waals surface area contributed by atoms with E-state index in [1.54, 1.807) is 0 Å². The summed E-state index contributed by atoms with van der Waals surface area (Å²) < 4.78 is 5.63. The van der Waals surface area contributed by atoms with Gasteiger partial charge in [-0.3, -0.25) is 4.90 Å². The van der Waals surface area contributed by atoms with E-state index in [4.69, 9.17) is 4.74 Å². The largest absolute Gasteiger partial charge is 0.444 e. The minimum Gasteiger partial charge on any atom is -0.444 e. The van der Waals surface area contributed by atoms with Gasteiger partial charge in [-0.2, -0.15) is 0 Å². The van der Waals surface area contributed by atoms with Crippen molar-refractivity contribution in [2.45, 2.75) is 46.3 Å². The number of rotatable bonds is 2. The molecule has 0 N–H and O–H groups in total. The molecule has 3 atom stereocenters. The molecule has 1 amide bonds. The Bertz CT molecular complexity index is 668. The van der Waals surface area contributed by atoms with Crippen LogP contribution in [0.5, 0.6) is 0 Å². The molecular formula is C21H30N2O2. The zero-order valence-electron chi connectivity index (χ0n) is 15.9. The highest BCUT2D eigenvalue weighted by Gasteiger charge is 2.70. The van der Waals surface area contributed by atoms with Crippen LogP contribution >= 0.6 is 0 Å². The maximum atomic E-state index is 12.6. The van der Waals surface area contributed by atoms with Gasteiger partial charge in [0.05, 0.1) is 0 Å². The monoisotopic (exact) mass is 342 g/mol. The first kappa shape index (κ1) is 16.9. The molecule has 25 heavy (non-hydrogen) atoms. The predicted molar refractivity (Wildman–Crippen MR) is 98.2 cm³/mol. The molecule has 4 rings (SSSR count). The molecule has 3 unspecified atom stereocenters. The smallest absolute Gasteiger partial charge is 0.410 e. The summed E-state index contributed by atoms with van der Waals surface area (Å²) in [5.41, 5.74) is 1.47. The fourth-order valence-corrected chi connectivity index (χ4v) is 5.47. The van der Waals surface area contributed by atoms with Crippen LogP contribution in [0, 0.1) is 16.7 Å². The number of nitrogens with zero attached hydrogens (tertiary/aromatic N) is 2. The highest BCUT2D eigenvalue weighted by molar-refractivity contribution is 5.69. The fraction of sp³-hybridized carbons (Fsp3) is 0.667. The third kappa shape index (κ3) is 2.75. The van der Waals surface area contributed by atoms with Gasteiger partial charge < -0.3 is 9.64 Å². The maximum Gasteiger partial charge on any atom is 0.410 e. The number of amides is 1. The molecule has 1 saturated carbocycles. The van der Waals surface area contributed by atoms with Crippen LogP contribution in [0.3, 0.4) is 0 Å². The van der Waals surface area contributed by atoms with Gasteiger partial charge in [0, 0.05) is 38.1 Å². The van der Waals surface area contributed by atoms with Gasteiger partial charge in [0.25, 0.3) is 0 Å². The van der Waals surface area contributed by atoms with E-state index in [9.17, 15) is 4.79 Å². The topological polar surface area (TPSA) is 32.8 Å². The van der Waals surface area contributed by atoms with Crippen LogP contribution in [0.2, 0.25) is 0 Å². The van der Waals surface area contributed by atoms with Crippen molar-refractivity contribution in [3.8, 4) is 0 Å². The molecule has 0 radical (unpaired) electrons. The maximum absolute atomic E-state index is 12.6.